The van der Waals surface area contributed by atoms with Gasteiger partial charge >= 0.3 is 5.97 Å². The van der Waals surface area contributed by atoms with Crippen LogP contribution in [0, 0.1) is 6.92 Å². The summed E-state index contributed by atoms with van der Waals surface area (Å²) in [6.45, 7) is 7.63. The van der Waals surface area contributed by atoms with Crippen molar-refractivity contribution >= 4 is 11.6 Å². The number of ether oxygens (including phenoxy) is 1. The number of rotatable bonds is 3. The molecule has 1 N–H and O–H groups in total. The molecule has 0 aliphatic carbocycles. The van der Waals surface area contributed by atoms with Crippen molar-refractivity contribution in [1.29, 1.82) is 0 Å². The average molecular weight is 263 g/mol. The van der Waals surface area contributed by atoms with Crippen LogP contribution >= 0.6 is 0 Å². The molecule has 2 aromatic rings. The van der Waals surface area contributed by atoms with E-state index in [0.29, 0.717) is 22.6 Å². The van der Waals surface area contributed by atoms with E-state index < -0.39 is 5.97 Å². The average Bonchev–Trinajstić information content (AvgIpc) is 2.66. The van der Waals surface area contributed by atoms with Crippen LogP contribution in [0.4, 0.5) is 0 Å². The maximum Gasteiger partial charge on any atom is 0.343 e. The summed E-state index contributed by atoms with van der Waals surface area (Å²) in [5.41, 5.74) is 1.65. The van der Waals surface area contributed by atoms with Crippen LogP contribution in [0.2, 0.25) is 0 Å². The zero-order valence-corrected chi connectivity index (χ0v) is 11.5. The molecule has 0 amide bonds. The van der Waals surface area contributed by atoms with Crippen LogP contribution in [0.15, 0.2) is 10.9 Å². The van der Waals surface area contributed by atoms with Crippen molar-refractivity contribution in [1.82, 2.24) is 14.6 Å². The molecule has 0 bridgehead atoms. The van der Waals surface area contributed by atoms with Crippen LogP contribution in [-0.4, -0.2) is 27.2 Å². The minimum Gasteiger partial charge on any atom is -0.462 e. The van der Waals surface area contributed by atoms with Gasteiger partial charge < -0.3 is 4.74 Å². The lowest BCUT2D eigenvalue weighted by Crippen LogP contribution is -2.17. The van der Waals surface area contributed by atoms with E-state index in [1.54, 1.807) is 13.8 Å². The first-order valence-corrected chi connectivity index (χ1v) is 6.25. The zero-order chi connectivity index (χ0) is 14.2. The third-order valence-corrected chi connectivity index (χ3v) is 2.89. The zero-order valence-electron chi connectivity index (χ0n) is 11.5. The number of esters is 1. The van der Waals surface area contributed by atoms with Crippen molar-refractivity contribution in [2.75, 3.05) is 6.61 Å². The van der Waals surface area contributed by atoms with Crippen molar-refractivity contribution in [3.63, 3.8) is 0 Å². The summed E-state index contributed by atoms with van der Waals surface area (Å²) in [4.78, 5) is 28.3. The Morgan fingerprint density at radius 1 is 1.53 bits per heavy atom. The Morgan fingerprint density at radius 2 is 2.21 bits per heavy atom. The van der Waals surface area contributed by atoms with Crippen molar-refractivity contribution < 1.29 is 9.53 Å². The van der Waals surface area contributed by atoms with Gasteiger partial charge in [-0.1, -0.05) is 13.8 Å². The normalized spacial score (nSPS) is 11.2. The maximum atomic E-state index is 12.0. The minimum absolute atomic E-state index is 0.114. The molecule has 0 saturated carbocycles. The number of carbonyl (C=O) groups is 1. The lowest BCUT2D eigenvalue weighted by molar-refractivity contribution is 0.0527. The van der Waals surface area contributed by atoms with Crippen LogP contribution in [0.3, 0.4) is 0 Å². The van der Waals surface area contributed by atoms with E-state index in [0.717, 1.165) is 0 Å². The quantitative estimate of drug-likeness (QED) is 0.854. The SMILES string of the molecule is CCOC(=O)c1c(C)[nH]n2c(=O)cc(C(C)C)nc12. The molecule has 0 fully saturated rings. The molecule has 102 valence electrons. The van der Waals surface area contributed by atoms with Gasteiger partial charge in [-0.05, 0) is 19.8 Å². The van der Waals surface area contributed by atoms with E-state index >= 15 is 0 Å². The van der Waals surface area contributed by atoms with Gasteiger partial charge in [-0.25, -0.2) is 14.3 Å². The van der Waals surface area contributed by atoms with Crippen LogP contribution in [0.5, 0.6) is 0 Å². The summed E-state index contributed by atoms with van der Waals surface area (Å²) in [7, 11) is 0. The number of nitrogens with one attached hydrogen (secondary N) is 1. The third-order valence-electron chi connectivity index (χ3n) is 2.89. The molecule has 0 atom stereocenters. The van der Waals surface area contributed by atoms with E-state index in [1.165, 1.54) is 10.6 Å². The Kier molecular flexibility index (Phi) is 3.42. The van der Waals surface area contributed by atoms with Gasteiger partial charge in [-0.3, -0.25) is 9.89 Å². The lowest BCUT2D eigenvalue weighted by Gasteiger charge is -2.05. The van der Waals surface area contributed by atoms with Crippen LogP contribution < -0.4 is 5.56 Å². The molecule has 0 aliphatic rings. The summed E-state index contributed by atoms with van der Waals surface area (Å²) < 4.78 is 6.27. The molecule has 6 heteroatoms. The van der Waals surface area contributed by atoms with Gasteiger partial charge in [0.1, 0.15) is 5.56 Å². The van der Waals surface area contributed by atoms with Gasteiger partial charge in [0.2, 0.25) is 0 Å². The van der Waals surface area contributed by atoms with Crippen LogP contribution in [-0.2, 0) is 4.74 Å². The topological polar surface area (TPSA) is 76.5 Å². The Balaban J connectivity index is 2.73. The molecule has 0 unspecified atom stereocenters. The molecule has 0 spiro atoms. The Morgan fingerprint density at radius 3 is 2.79 bits per heavy atom. The first-order valence-electron chi connectivity index (χ1n) is 6.25. The fourth-order valence-electron chi connectivity index (χ4n) is 1.91. The molecule has 0 saturated heterocycles. The largest absolute Gasteiger partial charge is 0.462 e. The summed E-state index contributed by atoms with van der Waals surface area (Å²) >= 11 is 0. The fraction of sp³-hybridized carbons (Fsp3) is 0.462. The molecular formula is C13H17N3O3. The standard InChI is InChI=1S/C13H17N3O3/c1-5-19-13(18)11-8(4)15-16-10(17)6-9(7(2)3)14-12(11)16/h6-7,15H,5H2,1-4H3. The minimum atomic E-state index is -0.466. The highest BCUT2D eigenvalue weighted by Gasteiger charge is 2.20. The summed E-state index contributed by atoms with van der Waals surface area (Å²) in [5.74, 6) is -0.352. The second-order valence-corrected chi connectivity index (χ2v) is 4.67. The predicted octanol–water partition coefficient (Wildman–Crippen LogP) is 1.63. The highest BCUT2D eigenvalue weighted by atomic mass is 16.5. The Labute approximate surface area is 110 Å². The molecule has 2 heterocycles. The van der Waals surface area contributed by atoms with Gasteiger partial charge in [-0.15, -0.1) is 0 Å². The van der Waals surface area contributed by atoms with Crippen LogP contribution in [0.25, 0.3) is 5.65 Å². The van der Waals surface area contributed by atoms with E-state index in [-0.39, 0.29) is 18.1 Å². The van der Waals surface area contributed by atoms with Gasteiger partial charge in [-0.2, -0.15) is 0 Å². The van der Waals surface area contributed by atoms with E-state index in [9.17, 15) is 9.59 Å². The van der Waals surface area contributed by atoms with Gasteiger partial charge in [0.05, 0.1) is 12.3 Å². The fourth-order valence-corrected chi connectivity index (χ4v) is 1.91. The second kappa shape index (κ2) is 4.87. The molecule has 0 aromatic carbocycles. The second-order valence-electron chi connectivity index (χ2n) is 4.67. The molecule has 2 aromatic heterocycles. The number of aryl methyl sites for hydroxylation is 1. The first-order chi connectivity index (χ1) is 8.95. The number of hydrogen-bond acceptors (Lipinski definition) is 4. The predicted molar refractivity (Wildman–Crippen MR) is 70.6 cm³/mol. The summed E-state index contributed by atoms with van der Waals surface area (Å²) in [5, 5.41) is 2.84. The van der Waals surface area contributed by atoms with Gasteiger partial charge in [0.25, 0.3) is 5.56 Å². The van der Waals surface area contributed by atoms with E-state index in [4.69, 9.17) is 4.74 Å². The van der Waals surface area contributed by atoms with Crippen LogP contribution in [0.1, 0.15) is 48.4 Å². The number of H-pyrrole nitrogens is 1. The number of fused-ring (bicyclic) bond motifs is 1. The Bertz CT molecular complexity index is 682. The summed E-state index contributed by atoms with van der Waals surface area (Å²) in [6.07, 6.45) is 0. The summed E-state index contributed by atoms with van der Waals surface area (Å²) in [6, 6.07) is 1.47. The molecule has 19 heavy (non-hydrogen) atoms. The Hall–Kier alpha value is -2.11. The molecule has 0 radical (unpaired) electrons. The van der Waals surface area contributed by atoms with E-state index in [1.807, 2.05) is 13.8 Å². The number of hydrogen-bond donors (Lipinski definition) is 1. The van der Waals surface area contributed by atoms with E-state index in [2.05, 4.69) is 10.1 Å². The highest BCUT2D eigenvalue weighted by Crippen LogP contribution is 2.16. The number of aromatic nitrogens is 3. The number of nitrogens with zero attached hydrogens (tertiary/aromatic N) is 2. The highest BCUT2D eigenvalue weighted by molar-refractivity contribution is 5.97. The number of aromatic amines is 1. The monoisotopic (exact) mass is 263 g/mol. The van der Waals surface area contributed by atoms with Crippen molar-refractivity contribution in [3.05, 3.63) is 33.4 Å². The van der Waals surface area contributed by atoms with Crippen molar-refractivity contribution in [3.8, 4) is 0 Å². The van der Waals surface area contributed by atoms with Gasteiger partial charge in [0, 0.05) is 11.8 Å². The maximum absolute atomic E-state index is 12.0. The smallest absolute Gasteiger partial charge is 0.343 e. The molecular weight excluding hydrogens is 246 g/mol. The van der Waals surface area contributed by atoms with Crippen molar-refractivity contribution in [2.45, 2.75) is 33.6 Å². The lowest BCUT2D eigenvalue weighted by atomic mass is 10.1. The third kappa shape index (κ3) is 2.25. The van der Waals surface area contributed by atoms with Crippen molar-refractivity contribution in [2.24, 2.45) is 0 Å². The van der Waals surface area contributed by atoms with Gasteiger partial charge in [0.15, 0.2) is 5.65 Å². The molecule has 0 aliphatic heterocycles. The molecule has 6 nitrogen and oxygen atoms in total. The first kappa shape index (κ1) is 13.3. The number of carbonyl (C=O) groups excluding carboxylic acids is 1. The molecule has 2 rings (SSSR count).